The monoisotopic (exact) mass is 240 g/mol. The molecule has 17 heavy (non-hydrogen) atoms. The van der Waals surface area contributed by atoms with Gasteiger partial charge in [-0.3, -0.25) is 0 Å². The summed E-state index contributed by atoms with van der Waals surface area (Å²) in [6.45, 7) is 10.3. The molecule has 0 aliphatic carbocycles. The van der Waals surface area contributed by atoms with Crippen LogP contribution >= 0.6 is 0 Å². The SMILES string of the molecule is CCCC1(CN2CCCOCC2)CCCNC1. The molecule has 3 nitrogen and oxygen atoms in total. The molecule has 3 heteroatoms. The molecule has 100 valence electrons. The van der Waals surface area contributed by atoms with Crippen molar-refractivity contribution in [2.45, 2.75) is 39.0 Å². The van der Waals surface area contributed by atoms with Crippen LogP contribution in [-0.2, 0) is 4.74 Å². The van der Waals surface area contributed by atoms with Crippen LogP contribution in [0.1, 0.15) is 39.0 Å². The summed E-state index contributed by atoms with van der Waals surface area (Å²) in [5.41, 5.74) is 0.539. The van der Waals surface area contributed by atoms with Crippen molar-refractivity contribution in [3.63, 3.8) is 0 Å². The van der Waals surface area contributed by atoms with Gasteiger partial charge in [0.1, 0.15) is 0 Å². The van der Waals surface area contributed by atoms with Crippen LogP contribution in [0, 0.1) is 5.41 Å². The predicted octanol–water partition coefficient (Wildman–Crippen LogP) is 1.88. The Morgan fingerprint density at radius 2 is 2.18 bits per heavy atom. The highest BCUT2D eigenvalue weighted by molar-refractivity contribution is 4.88. The Morgan fingerprint density at radius 1 is 1.24 bits per heavy atom. The fraction of sp³-hybridized carbons (Fsp3) is 1.00. The molecular weight excluding hydrogens is 212 g/mol. The maximum absolute atomic E-state index is 5.55. The molecule has 0 radical (unpaired) electrons. The number of piperidine rings is 1. The van der Waals surface area contributed by atoms with Gasteiger partial charge in [-0.25, -0.2) is 0 Å². The van der Waals surface area contributed by atoms with Crippen LogP contribution in [0.2, 0.25) is 0 Å². The van der Waals surface area contributed by atoms with Crippen LogP contribution in [0.3, 0.4) is 0 Å². The summed E-state index contributed by atoms with van der Waals surface area (Å²) in [5.74, 6) is 0. The Balaban J connectivity index is 1.90. The van der Waals surface area contributed by atoms with E-state index in [-0.39, 0.29) is 0 Å². The zero-order valence-electron chi connectivity index (χ0n) is 11.3. The molecule has 1 N–H and O–H groups in total. The molecule has 2 fully saturated rings. The molecular formula is C14H28N2O. The van der Waals surface area contributed by atoms with Gasteiger partial charge in [0.15, 0.2) is 0 Å². The van der Waals surface area contributed by atoms with Gasteiger partial charge in [0.25, 0.3) is 0 Å². The molecule has 1 atom stereocenters. The van der Waals surface area contributed by atoms with Gasteiger partial charge in [0.2, 0.25) is 0 Å². The van der Waals surface area contributed by atoms with E-state index in [0.29, 0.717) is 5.41 Å². The lowest BCUT2D eigenvalue weighted by molar-refractivity contribution is 0.0967. The Hall–Kier alpha value is -0.120. The van der Waals surface area contributed by atoms with Crippen LogP contribution in [-0.4, -0.2) is 50.8 Å². The highest BCUT2D eigenvalue weighted by atomic mass is 16.5. The lowest BCUT2D eigenvalue weighted by Crippen LogP contribution is -2.48. The average molecular weight is 240 g/mol. The average Bonchev–Trinajstić information content (AvgIpc) is 2.59. The molecule has 0 spiro atoms. The molecule has 2 aliphatic heterocycles. The molecule has 2 aliphatic rings. The minimum atomic E-state index is 0.539. The molecule has 0 saturated carbocycles. The largest absolute Gasteiger partial charge is 0.380 e. The third kappa shape index (κ3) is 3.94. The van der Waals surface area contributed by atoms with E-state index >= 15 is 0 Å². The van der Waals surface area contributed by atoms with Gasteiger partial charge in [-0.15, -0.1) is 0 Å². The first-order valence-electron chi connectivity index (χ1n) is 7.35. The number of hydrogen-bond acceptors (Lipinski definition) is 3. The third-order valence-corrected chi connectivity index (χ3v) is 4.21. The fourth-order valence-electron chi connectivity index (χ4n) is 3.42. The maximum atomic E-state index is 5.55. The minimum Gasteiger partial charge on any atom is -0.380 e. The predicted molar refractivity (Wildman–Crippen MR) is 71.3 cm³/mol. The first kappa shape index (κ1) is 13.3. The van der Waals surface area contributed by atoms with Gasteiger partial charge in [0, 0.05) is 32.8 Å². The minimum absolute atomic E-state index is 0.539. The Morgan fingerprint density at radius 3 is 2.94 bits per heavy atom. The van der Waals surface area contributed by atoms with Crippen molar-refractivity contribution in [2.24, 2.45) is 5.41 Å². The van der Waals surface area contributed by atoms with Gasteiger partial charge in [-0.2, -0.15) is 0 Å². The Bertz CT molecular complexity index is 201. The summed E-state index contributed by atoms with van der Waals surface area (Å²) in [5, 5.41) is 3.61. The molecule has 0 aromatic carbocycles. The number of nitrogens with one attached hydrogen (secondary N) is 1. The highest BCUT2D eigenvalue weighted by Gasteiger charge is 2.33. The van der Waals surface area contributed by atoms with E-state index in [9.17, 15) is 0 Å². The van der Waals surface area contributed by atoms with E-state index in [0.717, 1.165) is 19.8 Å². The summed E-state index contributed by atoms with van der Waals surface area (Å²) in [6, 6.07) is 0. The molecule has 0 aromatic heterocycles. The number of hydrogen-bond donors (Lipinski definition) is 1. The van der Waals surface area contributed by atoms with Crippen molar-refractivity contribution in [1.29, 1.82) is 0 Å². The molecule has 2 saturated heterocycles. The van der Waals surface area contributed by atoms with Crippen LogP contribution in [0.4, 0.5) is 0 Å². The van der Waals surface area contributed by atoms with Gasteiger partial charge < -0.3 is 15.0 Å². The van der Waals surface area contributed by atoms with Crippen LogP contribution in [0.15, 0.2) is 0 Å². The van der Waals surface area contributed by atoms with E-state index in [2.05, 4.69) is 17.1 Å². The van der Waals surface area contributed by atoms with E-state index in [1.54, 1.807) is 0 Å². The van der Waals surface area contributed by atoms with Crippen molar-refractivity contribution in [2.75, 3.05) is 45.9 Å². The molecule has 0 aromatic rings. The van der Waals surface area contributed by atoms with Gasteiger partial charge >= 0.3 is 0 Å². The van der Waals surface area contributed by atoms with Crippen molar-refractivity contribution in [3.8, 4) is 0 Å². The highest BCUT2D eigenvalue weighted by Crippen LogP contribution is 2.32. The summed E-state index contributed by atoms with van der Waals surface area (Å²) >= 11 is 0. The van der Waals surface area contributed by atoms with E-state index in [1.807, 2.05) is 0 Å². The Labute approximate surface area is 106 Å². The second kappa shape index (κ2) is 6.72. The Kier molecular flexibility index (Phi) is 5.26. The van der Waals surface area contributed by atoms with E-state index in [1.165, 1.54) is 58.3 Å². The zero-order chi connectivity index (χ0) is 12.0. The summed E-state index contributed by atoms with van der Waals surface area (Å²) in [6.07, 6.45) is 6.65. The maximum Gasteiger partial charge on any atom is 0.0593 e. The second-order valence-corrected chi connectivity index (χ2v) is 5.77. The summed E-state index contributed by atoms with van der Waals surface area (Å²) in [7, 11) is 0. The van der Waals surface area contributed by atoms with Crippen molar-refractivity contribution in [3.05, 3.63) is 0 Å². The zero-order valence-corrected chi connectivity index (χ0v) is 11.3. The topological polar surface area (TPSA) is 24.5 Å². The first-order chi connectivity index (χ1) is 8.35. The van der Waals surface area contributed by atoms with Crippen molar-refractivity contribution in [1.82, 2.24) is 10.2 Å². The third-order valence-electron chi connectivity index (χ3n) is 4.21. The summed E-state index contributed by atoms with van der Waals surface area (Å²) in [4.78, 5) is 2.63. The smallest absolute Gasteiger partial charge is 0.0593 e. The van der Waals surface area contributed by atoms with Crippen molar-refractivity contribution < 1.29 is 4.74 Å². The lowest BCUT2D eigenvalue weighted by Gasteiger charge is -2.41. The van der Waals surface area contributed by atoms with Crippen LogP contribution in [0.25, 0.3) is 0 Å². The van der Waals surface area contributed by atoms with Gasteiger partial charge in [-0.1, -0.05) is 13.3 Å². The van der Waals surface area contributed by atoms with Crippen LogP contribution < -0.4 is 5.32 Å². The molecule has 0 bridgehead atoms. The molecule has 0 amide bonds. The fourth-order valence-corrected chi connectivity index (χ4v) is 3.42. The quantitative estimate of drug-likeness (QED) is 0.812. The van der Waals surface area contributed by atoms with E-state index < -0.39 is 0 Å². The molecule has 1 unspecified atom stereocenters. The standard InChI is InChI=1S/C14H28N2O/c1-2-5-14(6-3-7-15-12-14)13-16-8-4-10-17-11-9-16/h15H,2-13H2,1H3. The number of rotatable bonds is 4. The second-order valence-electron chi connectivity index (χ2n) is 5.77. The first-order valence-corrected chi connectivity index (χ1v) is 7.35. The van der Waals surface area contributed by atoms with E-state index in [4.69, 9.17) is 4.74 Å². The number of ether oxygens (including phenoxy) is 1. The van der Waals surface area contributed by atoms with Gasteiger partial charge in [-0.05, 0) is 37.6 Å². The molecule has 2 rings (SSSR count). The number of nitrogens with zero attached hydrogens (tertiary/aromatic N) is 1. The summed E-state index contributed by atoms with van der Waals surface area (Å²) < 4.78 is 5.55. The van der Waals surface area contributed by atoms with Crippen molar-refractivity contribution >= 4 is 0 Å². The molecule has 2 heterocycles. The lowest BCUT2D eigenvalue weighted by atomic mass is 9.76. The normalized spacial score (nSPS) is 32.3. The van der Waals surface area contributed by atoms with Crippen LogP contribution in [0.5, 0.6) is 0 Å². The van der Waals surface area contributed by atoms with Gasteiger partial charge in [0.05, 0.1) is 6.61 Å².